The van der Waals surface area contributed by atoms with Gasteiger partial charge in [0.1, 0.15) is 16.9 Å². The van der Waals surface area contributed by atoms with Crippen molar-refractivity contribution in [3.63, 3.8) is 0 Å². The number of halogens is 3. The molecule has 1 aromatic heterocycles. The number of nitrogens with one attached hydrogen (secondary N) is 1. The Bertz CT molecular complexity index is 991. The van der Waals surface area contributed by atoms with Crippen LogP contribution in [-0.2, 0) is 10.2 Å². The second-order valence-electron chi connectivity index (χ2n) is 7.01. The molecule has 1 aromatic carbocycles. The number of nitrogens with two attached hydrogens (primary N) is 1. The molecule has 9 heteroatoms. The molecule has 28 heavy (non-hydrogen) atoms. The van der Waals surface area contributed by atoms with E-state index in [9.17, 15) is 14.0 Å². The van der Waals surface area contributed by atoms with Gasteiger partial charge in [0, 0.05) is 17.4 Å². The topological polar surface area (TPSA) is 94.3 Å². The van der Waals surface area contributed by atoms with Gasteiger partial charge in [0.05, 0.1) is 16.0 Å². The predicted octanol–water partition coefficient (Wildman–Crippen LogP) is 3.84. The summed E-state index contributed by atoms with van der Waals surface area (Å²) in [7, 11) is 0. The molecular formula is C19H16Cl2FN3O3. The molecule has 3 N–H and O–H groups in total. The number of primary amides is 1. The normalized spacial score (nSPS) is 23.4. The van der Waals surface area contributed by atoms with Gasteiger partial charge < -0.3 is 15.8 Å². The van der Waals surface area contributed by atoms with E-state index in [4.69, 9.17) is 33.7 Å². The first-order chi connectivity index (χ1) is 13.3. The van der Waals surface area contributed by atoms with Gasteiger partial charge >= 0.3 is 0 Å². The second-order valence-corrected chi connectivity index (χ2v) is 7.85. The van der Waals surface area contributed by atoms with Gasteiger partial charge in [-0.05, 0) is 43.9 Å². The fourth-order valence-electron chi connectivity index (χ4n) is 4.02. The Morgan fingerprint density at radius 3 is 2.68 bits per heavy atom. The largest absolute Gasteiger partial charge is 0.473 e. The van der Waals surface area contributed by atoms with E-state index in [1.807, 2.05) is 0 Å². The van der Waals surface area contributed by atoms with Crippen molar-refractivity contribution in [3.05, 3.63) is 51.4 Å². The van der Waals surface area contributed by atoms with E-state index in [1.165, 1.54) is 24.4 Å². The van der Waals surface area contributed by atoms with Gasteiger partial charge in [-0.2, -0.15) is 0 Å². The molecule has 0 unspecified atom stereocenters. The van der Waals surface area contributed by atoms with Crippen LogP contribution in [0.25, 0.3) is 0 Å². The number of anilines is 1. The second kappa shape index (κ2) is 6.90. The smallest absolute Gasteiger partial charge is 0.251 e. The highest BCUT2D eigenvalue weighted by Gasteiger charge is 2.51. The van der Waals surface area contributed by atoms with Gasteiger partial charge in [-0.3, -0.25) is 9.59 Å². The molecule has 1 saturated carbocycles. The molecule has 0 atom stereocenters. The Labute approximate surface area is 170 Å². The van der Waals surface area contributed by atoms with Crippen molar-refractivity contribution in [1.29, 1.82) is 0 Å². The van der Waals surface area contributed by atoms with Crippen LogP contribution in [0.2, 0.25) is 10.0 Å². The lowest BCUT2D eigenvalue weighted by Crippen LogP contribution is -2.41. The Morgan fingerprint density at radius 1 is 1.32 bits per heavy atom. The Morgan fingerprint density at radius 2 is 2.04 bits per heavy atom. The lowest BCUT2D eigenvalue weighted by Gasteiger charge is -2.35. The Balaban J connectivity index is 1.58. The summed E-state index contributed by atoms with van der Waals surface area (Å²) in [5.41, 5.74) is 4.60. The molecule has 1 fully saturated rings. The highest BCUT2D eigenvalue weighted by Crippen LogP contribution is 2.49. The van der Waals surface area contributed by atoms with Gasteiger partial charge in [0.2, 0.25) is 11.8 Å². The van der Waals surface area contributed by atoms with Crippen molar-refractivity contribution >= 4 is 40.7 Å². The maximum absolute atomic E-state index is 15.0. The molecule has 4 rings (SSSR count). The van der Waals surface area contributed by atoms with E-state index >= 15 is 0 Å². The van der Waals surface area contributed by atoms with Gasteiger partial charge in [-0.1, -0.05) is 23.2 Å². The Hall–Kier alpha value is -2.38. The van der Waals surface area contributed by atoms with E-state index in [0.717, 1.165) is 0 Å². The van der Waals surface area contributed by atoms with E-state index in [0.29, 0.717) is 41.4 Å². The van der Waals surface area contributed by atoms with Gasteiger partial charge in [0.25, 0.3) is 5.91 Å². The van der Waals surface area contributed by atoms with Gasteiger partial charge in [-0.25, -0.2) is 9.37 Å². The lowest BCUT2D eigenvalue weighted by atomic mass is 9.69. The number of carbonyl (C=O) groups excluding carboxylic acids is 2. The van der Waals surface area contributed by atoms with E-state index in [1.54, 1.807) is 0 Å². The summed E-state index contributed by atoms with van der Waals surface area (Å²) in [6.45, 7) is 0. The molecule has 0 radical (unpaired) electrons. The minimum Gasteiger partial charge on any atom is -0.473 e. The van der Waals surface area contributed by atoms with Crippen LogP contribution in [0, 0.1) is 5.82 Å². The van der Waals surface area contributed by atoms with Crippen LogP contribution in [0.3, 0.4) is 0 Å². The number of nitrogens with zero attached hydrogens (tertiary/aromatic N) is 1. The zero-order valence-corrected chi connectivity index (χ0v) is 16.1. The number of aromatic nitrogens is 1. The summed E-state index contributed by atoms with van der Waals surface area (Å²) in [4.78, 5) is 28.3. The number of hydrogen-bond acceptors (Lipinski definition) is 4. The van der Waals surface area contributed by atoms with Crippen LogP contribution in [0.5, 0.6) is 5.88 Å². The number of benzene rings is 1. The number of ether oxygens (including phenoxy) is 1. The molecule has 1 aliphatic heterocycles. The molecule has 2 aromatic rings. The SMILES string of the molecule is NC(=O)c1ccc2c(c1F)C1(CCC(Oc3ncc(Cl)cc3Cl)CC1)C(=O)N2. The molecule has 0 bridgehead atoms. The molecule has 2 amide bonds. The van der Waals surface area contributed by atoms with Crippen molar-refractivity contribution in [2.24, 2.45) is 5.73 Å². The number of fused-ring (bicyclic) bond motifs is 2. The zero-order chi connectivity index (χ0) is 20.1. The minimum absolute atomic E-state index is 0.217. The van der Waals surface area contributed by atoms with Crippen LogP contribution in [0.15, 0.2) is 24.4 Å². The van der Waals surface area contributed by atoms with Crippen LogP contribution >= 0.6 is 23.2 Å². The fraction of sp³-hybridized carbons (Fsp3) is 0.316. The minimum atomic E-state index is -1.04. The molecule has 6 nitrogen and oxygen atoms in total. The first-order valence-corrected chi connectivity index (χ1v) is 9.49. The van der Waals surface area contributed by atoms with Crippen LogP contribution in [-0.4, -0.2) is 22.9 Å². The van der Waals surface area contributed by atoms with Crippen LogP contribution in [0.4, 0.5) is 10.1 Å². The molecule has 0 saturated heterocycles. The monoisotopic (exact) mass is 423 g/mol. The van der Waals surface area contributed by atoms with Crippen molar-refractivity contribution in [1.82, 2.24) is 4.98 Å². The van der Waals surface area contributed by atoms with E-state index in [2.05, 4.69) is 10.3 Å². The molecule has 2 heterocycles. The summed E-state index contributed by atoms with van der Waals surface area (Å²) in [5.74, 6) is -1.60. The number of hydrogen-bond donors (Lipinski definition) is 2. The average Bonchev–Trinajstić information content (AvgIpc) is 2.91. The quantitative estimate of drug-likeness (QED) is 0.783. The number of pyridine rings is 1. The first-order valence-electron chi connectivity index (χ1n) is 8.74. The number of rotatable bonds is 3. The number of amides is 2. The molecule has 2 aliphatic rings. The maximum atomic E-state index is 15.0. The molecule has 146 valence electrons. The van der Waals surface area contributed by atoms with Gasteiger partial charge in [-0.15, -0.1) is 0 Å². The third-order valence-electron chi connectivity index (χ3n) is 5.41. The molecular weight excluding hydrogens is 408 g/mol. The summed E-state index contributed by atoms with van der Waals surface area (Å²) in [6, 6.07) is 4.35. The third-order valence-corrected chi connectivity index (χ3v) is 5.88. The molecule has 1 aliphatic carbocycles. The highest BCUT2D eigenvalue weighted by atomic mass is 35.5. The summed E-state index contributed by atoms with van der Waals surface area (Å²) >= 11 is 11.9. The summed E-state index contributed by atoms with van der Waals surface area (Å²) in [5, 5.41) is 3.43. The van der Waals surface area contributed by atoms with Crippen molar-refractivity contribution < 1.29 is 18.7 Å². The van der Waals surface area contributed by atoms with Crippen LogP contribution in [0.1, 0.15) is 41.6 Å². The number of carbonyl (C=O) groups is 2. The standard InChI is InChI=1S/C19H16Cl2FN3O3/c20-9-7-12(21)17(24-8-9)28-10-3-5-19(6-4-10)14-13(25-18(19)27)2-1-11(15(14)22)16(23)26/h1-2,7-8,10H,3-6H2,(H2,23,26)(H,25,27). The van der Waals surface area contributed by atoms with Crippen molar-refractivity contribution in [2.45, 2.75) is 37.2 Å². The fourth-order valence-corrected chi connectivity index (χ4v) is 4.44. The summed E-state index contributed by atoms with van der Waals surface area (Å²) in [6.07, 6.45) is 2.92. The van der Waals surface area contributed by atoms with Gasteiger partial charge in [0.15, 0.2) is 0 Å². The third kappa shape index (κ3) is 2.99. The van der Waals surface area contributed by atoms with E-state index < -0.39 is 17.1 Å². The summed E-state index contributed by atoms with van der Waals surface area (Å²) < 4.78 is 20.9. The molecule has 1 spiro atoms. The first kappa shape index (κ1) is 19.0. The average molecular weight is 424 g/mol. The van der Waals surface area contributed by atoms with Crippen LogP contribution < -0.4 is 15.8 Å². The highest BCUT2D eigenvalue weighted by molar-refractivity contribution is 6.35. The zero-order valence-electron chi connectivity index (χ0n) is 14.6. The maximum Gasteiger partial charge on any atom is 0.251 e. The Kier molecular flexibility index (Phi) is 4.67. The van der Waals surface area contributed by atoms with Crippen molar-refractivity contribution in [3.8, 4) is 5.88 Å². The van der Waals surface area contributed by atoms with E-state index in [-0.39, 0.29) is 29.0 Å². The lowest BCUT2D eigenvalue weighted by molar-refractivity contribution is -0.122. The van der Waals surface area contributed by atoms with Crippen molar-refractivity contribution in [2.75, 3.05) is 5.32 Å². The predicted molar refractivity (Wildman–Crippen MR) is 102 cm³/mol.